The van der Waals surface area contributed by atoms with Crippen LogP contribution in [0.15, 0.2) is 234 Å². The summed E-state index contributed by atoms with van der Waals surface area (Å²) in [6.45, 7) is 0. The fourth-order valence-corrected chi connectivity index (χ4v) is 10.3. The first-order valence-corrected chi connectivity index (χ1v) is 24.2. The van der Waals surface area contributed by atoms with Crippen LogP contribution in [0.25, 0.3) is 87.6 Å². The third-order valence-electron chi connectivity index (χ3n) is 13.7. The molecule has 4 nitrogen and oxygen atoms in total. The van der Waals surface area contributed by atoms with Crippen molar-refractivity contribution in [2.45, 2.75) is 37.8 Å². The summed E-state index contributed by atoms with van der Waals surface area (Å²) < 4.78 is 0. The molecule has 0 N–H and O–H groups in total. The summed E-state index contributed by atoms with van der Waals surface area (Å²) in [5.41, 5.74) is 8.50. The Labute approximate surface area is 428 Å². The molecule has 71 heavy (non-hydrogen) atoms. The van der Waals surface area contributed by atoms with Gasteiger partial charge < -0.3 is 10.2 Å². The Kier molecular flexibility index (Phi) is 14.1. The van der Waals surface area contributed by atoms with Crippen LogP contribution in [0.5, 0.6) is 11.5 Å². The fraction of sp³-hybridized carbons (Fsp3) is 0.0909. The van der Waals surface area contributed by atoms with E-state index in [9.17, 15) is 0 Å². The maximum atomic E-state index is 15.0. The van der Waals surface area contributed by atoms with Gasteiger partial charge in [0.15, 0.2) is 0 Å². The predicted molar refractivity (Wildman–Crippen MR) is 290 cm³/mol. The second-order valence-electron chi connectivity index (χ2n) is 18.0. The molecule has 344 valence electrons. The van der Waals surface area contributed by atoms with Gasteiger partial charge in [-0.1, -0.05) is 206 Å². The molecular formula is C66H49IrN2O2. The monoisotopic (exact) mass is 1090 g/mol. The Bertz CT molecular complexity index is 3450. The molecule has 1 aliphatic rings. The van der Waals surface area contributed by atoms with Gasteiger partial charge >= 0.3 is 20.1 Å². The van der Waals surface area contributed by atoms with E-state index in [0.717, 1.165) is 102 Å². The van der Waals surface area contributed by atoms with Crippen LogP contribution in [0.4, 0.5) is 0 Å². The molecule has 0 unspecified atom stereocenters. The molecule has 0 aliphatic heterocycles. The van der Waals surface area contributed by atoms with Crippen molar-refractivity contribution in [3.8, 4) is 56.0 Å². The average molecular weight is 1090 g/mol. The van der Waals surface area contributed by atoms with Crippen molar-refractivity contribution in [1.29, 1.82) is 0 Å². The number of hydrogen-bond donors (Lipinski definition) is 0. The van der Waals surface area contributed by atoms with E-state index >= 15 is 10.2 Å². The number of aliphatic imine (C=N–C) groups is 2. The molecule has 5 heteroatoms. The second-order valence-corrected chi connectivity index (χ2v) is 18.0. The third-order valence-corrected chi connectivity index (χ3v) is 13.7. The number of rotatable bonds is 8. The Balaban J connectivity index is 0.000000776. The summed E-state index contributed by atoms with van der Waals surface area (Å²) >= 11 is 0. The van der Waals surface area contributed by atoms with Gasteiger partial charge in [-0.25, -0.2) is 0 Å². The number of hydrogen-bond acceptors (Lipinski definition) is 4. The van der Waals surface area contributed by atoms with Gasteiger partial charge in [0.25, 0.3) is 0 Å². The first kappa shape index (κ1) is 46.8. The second kappa shape index (κ2) is 21.4. The van der Waals surface area contributed by atoms with Gasteiger partial charge in [-0.2, -0.15) is 36.4 Å². The van der Waals surface area contributed by atoms with Crippen LogP contribution in [0.3, 0.4) is 0 Å². The minimum atomic E-state index is -0.144. The van der Waals surface area contributed by atoms with Crippen LogP contribution in [-0.4, -0.2) is 24.5 Å². The van der Waals surface area contributed by atoms with Crippen LogP contribution in [0.2, 0.25) is 0 Å². The summed E-state index contributed by atoms with van der Waals surface area (Å²) in [5, 5.41) is 38.1. The molecule has 12 rings (SSSR count). The Morgan fingerprint density at radius 1 is 0.380 bits per heavy atom. The van der Waals surface area contributed by atoms with Gasteiger partial charge in [0.1, 0.15) is 0 Å². The topological polar surface area (TPSA) is 70.8 Å². The van der Waals surface area contributed by atoms with Crippen LogP contribution in [0.1, 0.15) is 36.8 Å². The van der Waals surface area contributed by atoms with Gasteiger partial charge in [-0.15, -0.1) is 0 Å². The van der Waals surface area contributed by atoms with Gasteiger partial charge in [-0.3, -0.25) is 9.98 Å². The van der Waals surface area contributed by atoms with Gasteiger partial charge in [0, 0.05) is 12.4 Å². The summed E-state index contributed by atoms with van der Waals surface area (Å²) in [6, 6.07) is 78.3. The van der Waals surface area contributed by atoms with E-state index < -0.39 is 0 Å². The van der Waals surface area contributed by atoms with Gasteiger partial charge in [0.2, 0.25) is 0 Å². The van der Waals surface area contributed by atoms with Crippen molar-refractivity contribution in [1.82, 2.24) is 0 Å². The molecule has 1 aliphatic carbocycles. The van der Waals surface area contributed by atoms with E-state index in [-0.39, 0.29) is 43.7 Å². The number of fused-ring (bicyclic) bond motifs is 4. The van der Waals surface area contributed by atoms with Gasteiger partial charge in [0.05, 0.1) is 12.1 Å². The molecule has 2 atom stereocenters. The van der Waals surface area contributed by atoms with Crippen molar-refractivity contribution in [2.75, 3.05) is 0 Å². The van der Waals surface area contributed by atoms with E-state index in [1.165, 1.54) is 0 Å². The standard InChI is InChI=1S/C60H46N2O2.C6H5.Ir/c63-59-45(35-43-23-9-13-27-49(43)57(59)55-47-25-11-7-21-41(47)31-33-51(55)39-17-3-1-4-18-39)37-61-53-29-15-16-30-54(53)62-38-46-36-44-24-10-14-28-50(44)58(60(46)64)56-48-26-12-8-22-42(48)32-34-52(56)40-19-5-2-6-20-40;1-2-4-6-5-3-1;/h1-14,17-28,31-38,53-54,63-64H,15-16,29-30H2;1-5H;/q;-1;+3/p-2/t53-,54-;;/m1../s1. The average Bonchev–Trinajstić information content (AvgIpc) is 3.43. The van der Waals surface area contributed by atoms with Gasteiger partial charge in [-0.05, 0) is 124 Å². The Morgan fingerprint density at radius 2 is 0.732 bits per heavy atom. The zero-order valence-electron chi connectivity index (χ0n) is 39.0. The smallest absolute Gasteiger partial charge is 0.872 e. The molecule has 0 bridgehead atoms. The molecular weight excluding hydrogens is 1040 g/mol. The SMILES string of the molecule is [Ir+3].[O-]c1c(C=N[C@@H]2CCCC[C@H]2N=Cc2cc3ccccc3c(-c3c(-c4ccccc4)ccc4ccccc34)c2[O-])cc2ccccc2c1-c1c(-c2ccccc2)ccc2ccccc12.[c-]1ccccc1. The number of nitrogens with zero attached hydrogens (tertiary/aromatic N) is 2. The maximum Gasteiger partial charge on any atom is 3.00 e. The van der Waals surface area contributed by atoms with Crippen LogP contribution >= 0.6 is 0 Å². The zero-order valence-corrected chi connectivity index (χ0v) is 41.4. The Hall–Kier alpha value is -7.95. The first-order chi connectivity index (χ1) is 34.6. The molecule has 11 aromatic carbocycles. The third kappa shape index (κ3) is 9.55. The van der Waals surface area contributed by atoms with E-state index in [1.807, 2.05) is 127 Å². The van der Waals surface area contributed by atoms with E-state index in [4.69, 9.17) is 9.98 Å². The van der Waals surface area contributed by atoms with Crippen molar-refractivity contribution in [3.05, 3.63) is 242 Å². The molecule has 0 spiro atoms. The molecule has 1 saturated carbocycles. The Morgan fingerprint density at radius 3 is 1.11 bits per heavy atom. The van der Waals surface area contributed by atoms with Crippen molar-refractivity contribution < 1.29 is 30.3 Å². The van der Waals surface area contributed by atoms with Crippen LogP contribution in [-0.2, 0) is 20.1 Å². The van der Waals surface area contributed by atoms with E-state index in [1.54, 1.807) is 12.4 Å². The molecule has 0 aromatic heterocycles. The molecule has 11 aromatic rings. The van der Waals surface area contributed by atoms with Crippen LogP contribution < -0.4 is 10.2 Å². The van der Waals surface area contributed by atoms with E-state index in [2.05, 4.69) is 103 Å². The maximum absolute atomic E-state index is 15.0. The number of benzene rings is 11. The van der Waals surface area contributed by atoms with Crippen LogP contribution in [0, 0.1) is 6.07 Å². The minimum absolute atomic E-state index is 0. The molecule has 0 amide bonds. The predicted octanol–water partition coefficient (Wildman–Crippen LogP) is 15.4. The molecule has 0 radical (unpaired) electrons. The largest absolute Gasteiger partial charge is 3.00 e. The molecule has 0 heterocycles. The normalized spacial score (nSPS) is 14.7. The van der Waals surface area contributed by atoms with Crippen molar-refractivity contribution in [2.24, 2.45) is 9.98 Å². The summed E-state index contributed by atoms with van der Waals surface area (Å²) in [5.74, 6) is -0.0929. The zero-order chi connectivity index (χ0) is 47.2. The first-order valence-electron chi connectivity index (χ1n) is 24.2. The molecule has 1 fully saturated rings. The summed E-state index contributed by atoms with van der Waals surface area (Å²) in [4.78, 5) is 10.4. The minimum Gasteiger partial charge on any atom is -0.872 e. The van der Waals surface area contributed by atoms with Crippen molar-refractivity contribution >= 4 is 55.5 Å². The summed E-state index contributed by atoms with van der Waals surface area (Å²) in [6.07, 6.45) is 7.32. The quantitative estimate of drug-likeness (QED) is 0.112. The van der Waals surface area contributed by atoms with Crippen molar-refractivity contribution in [3.63, 3.8) is 0 Å². The molecule has 0 saturated heterocycles. The summed E-state index contributed by atoms with van der Waals surface area (Å²) in [7, 11) is 0. The van der Waals surface area contributed by atoms with E-state index in [0.29, 0.717) is 22.3 Å². The fourth-order valence-electron chi connectivity index (χ4n) is 10.3.